The highest BCUT2D eigenvalue weighted by molar-refractivity contribution is 6.06. The van der Waals surface area contributed by atoms with Crippen molar-refractivity contribution in [2.45, 2.75) is 6.92 Å². The van der Waals surface area contributed by atoms with E-state index in [-0.39, 0.29) is 11.6 Å². The fourth-order valence-corrected chi connectivity index (χ4v) is 1.62. The first kappa shape index (κ1) is 13.0. The molecule has 0 unspecified atom stereocenters. The summed E-state index contributed by atoms with van der Waals surface area (Å²) in [7, 11) is 3.07. The van der Waals surface area contributed by atoms with Crippen molar-refractivity contribution >= 4 is 5.78 Å². The van der Waals surface area contributed by atoms with E-state index in [2.05, 4.69) is 9.97 Å². The first-order chi connectivity index (χ1) is 9.15. The summed E-state index contributed by atoms with van der Waals surface area (Å²) >= 11 is 0. The molecule has 5 heteroatoms. The Balaban J connectivity index is 2.36. The lowest BCUT2D eigenvalue weighted by molar-refractivity contribution is 0.102. The molecule has 1 aromatic carbocycles. The van der Waals surface area contributed by atoms with Crippen molar-refractivity contribution in [1.29, 1.82) is 0 Å². The number of ketones is 1. The van der Waals surface area contributed by atoms with Gasteiger partial charge in [-0.3, -0.25) is 4.79 Å². The molecule has 5 nitrogen and oxygen atoms in total. The van der Waals surface area contributed by atoms with Crippen LogP contribution in [0.4, 0.5) is 0 Å². The lowest BCUT2D eigenvalue weighted by Gasteiger charge is -2.08. The van der Waals surface area contributed by atoms with E-state index in [1.54, 1.807) is 37.7 Å². The highest BCUT2D eigenvalue weighted by Gasteiger charge is 2.14. The molecule has 1 aromatic heterocycles. The molecule has 0 amide bonds. The predicted molar refractivity (Wildman–Crippen MR) is 69.7 cm³/mol. The summed E-state index contributed by atoms with van der Waals surface area (Å²) in [5.41, 5.74) is 1.37. The van der Waals surface area contributed by atoms with Crippen molar-refractivity contribution < 1.29 is 14.3 Å². The standard InChI is InChI=1S/C14H14N2O3/c1-9-7-15-14(16-8-9)13(17)10-4-5-11(18-2)12(6-10)19-3/h4-8H,1-3H3. The lowest BCUT2D eigenvalue weighted by Crippen LogP contribution is -2.07. The second kappa shape index (κ2) is 5.48. The van der Waals surface area contributed by atoms with Gasteiger partial charge in [0.1, 0.15) is 0 Å². The second-order valence-electron chi connectivity index (χ2n) is 3.98. The fourth-order valence-electron chi connectivity index (χ4n) is 1.62. The van der Waals surface area contributed by atoms with Crippen molar-refractivity contribution in [2.24, 2.45) is 0 Å². The Bertz CT molecular complexity index is 594. The molecule has 0 saturated heterocycles. The summed E-state index contributed by atoms with van der Waals surface area (Å²) in [6, 6.07) is 4.96. The number of nitrogens with zero attached hydrogens (tertiary/aromatic N) is 2. The molecule has 0 aliphatic rings. The fraction of sp³-hybridized carbons (Fsp3) is 0.214. The molecule has 0 spiro atoms. The van der Waals surface area contributed by atoms with Gasteiger partial charge in [-0.1, -0.05) is 0 Å². The maximum atomic E-state index is 12.2. The average Bonchev–Trinajstić information content (AvgIpc) is 2.46. The molecule has 2 rings (SSSR count). The maximum absolute atomic E-state index is 12.2. The zero-order chi connectivity index (χ0) is 13.8. The van der Waals surface area contributed by atoms with E-state index in [0.717, 1.165) is 5.56 Å². The first-order valence-corrected chi connectivity index (χ1v) is 5.71. The molecule has 2 aromatic rings. The van der Waals surface area contributed by atoms with Crippen LogP contribution in [0.15, 0.2) is 30.6 Å². The van der Waals surface area contributed by atoms with Gasteiger partial charge in [0, 0.05) is 18.0 Å². The smallest absolute Gasteiger partial charge is 0.230 e. The highest BCUT2D eigenvalue weighted by atomic mass is 16.5. The summed E-state index contributed by atoms with van der Waals surface area (Å²) in [5, 5.41) is 0. The van der Waals surface area contributed by atoms with E-state index in [9.17, 15) is 4.79 Å². The summed E-state index contributed by atoms with van der Waals surface area (Å²) in [6.45, 7) is 1.87. The third kappa shape index (κ3) is 2.70. The van der Waals surface area contributed by atoms with E-state index in [0.29, 0.717) is 17.1 Å². The number of aromatic nitrogens is 2. The van der Waals surface area contributed by atoms with E-state index in [1.807, 2.05) is 6.92 Å². The van der Waals surface area contributed by atoms with Crippen LogP contribution in [0.5, 0.6) is 11.5 Å². The van der Waals surface area contributed by atoms with Gasteiger partial charge >= 0.3 is 0 Å². The van der Waals surface area contributed by atoms with Crippen LogP contribution >= 0.6 is 0 Å². The number of rotatable bonds is 4. The van der Waals surface area contributed by atoms with Gasteiger partial charge in [0.05, 0.1) is 14.2 Å². The van der Waals surface area contributed by atoms with Crippen LogP contribution in [0.1, 0.15) is 21.7 Å². The lowest BCUT2D eigenvalue weighted by atomic mass is 10.1. The average molecular weight is 258 g/mol. The number of aryl methyl sites for hydroxylation is 1. The Labute approximate surface area is 111 Å². The van der Waals surface area contributed by atoms with Crippen LogP contribution in [-0.2, 0) is 0 Å². The predicted octanol–water partition coefficient (Wildman–Crippen LogP) is 2.03. The van der Waals surface area contributed by atoms with Gasteiger partial charge in [0.15, 0.2) is 11.5 Å². The Hall–Kier alpha value is -2.43. The zero-order valence-electron chi connectivity index (χ0n) is 11.0. The van der Waals surface area contributed by atoms with Crippen LogP contribution in [-0.4, -0.2) is 30.0 Å². The van der Waals surface area contributed by atoms with Gasteiger partial charge in [0.2, 0.25) is 11.6 Å². The molecule has 0 aliphatic heterocycles. The maximum Gasteiger partial charge on any atom is 0.230 e. The molecule has 0 radical (unpaired) electrons. The minimum Gasteiger partial charge on any atom is -0.493 e. The van der Waals surface area contributed by atoms with Crippen LogP contribution in [0.25, 0.3) is 0 Å². The van der Waals surface area contributed by atoms with Gasteiger partial charge in [-0.15, -0.1) is 0 Å². The number of methoxy groups -OCH3 is 2. The molecule has 0 aliphatic carbocycles. The number of hydrogen-bond acceptors (Lipinski definition) is 5. The molecule has 1 heterocycles. The molecule has 0 atom stereocenters. The monoisotopic (exact) mass is 258 g/mol. The van der Waals surface area contributed by atoms with E-state index >= 15 is 0 Å². The highest BCUT2D eigenvalue weighted by Crippen LogP contribution is 2.28. The summed E-state index contributed by atoms with van der Waals surface area (Å²) < 4.78 is 10.3. The van der Waals surface area contributed by atoms with Gasteiger partial charge in [0.25, 0.3) is 0 Å². The van der Waals surface area contributed by atoms with Crippen molar-refractivity contribution in [2.75, 3.05) is 14.2 Å². The largest absolute Gasteiger partial charge is 0.493 e. The summed E-state index contributed by atoms with van der Waals surface area (Å²) in [5.74, 6) is 0.989. The number of benzene rings is 1. The third-order valence-electron chi connectivity index (χ3n) is 2.63. The van der Waals surface area contributed by atoms with Crippen molar-refractivity contribution in [1.82, 2.24) is 9.97 Å². The van der Waals surface area contributed by atoms with Crippen molar-refractivity contribution in [3.05, 3.63) is 47.5 Å². The third-order valence-corrected chi connectivity index (χ3v) is 2.63. The topological polar surface area (TPSA) is 61.3 Å². The Kier molecular flexibility index (Phi) is 3.75. The quantitative estimate of drug-likeness (QED) is 0.785. The van der Waals surface area contributed by atoms with Crippen LogP contribution in [0.3, 0.4) is 0 Å². The van der Waals surface area contributed by atoms with Crippen LogP contribution < -0.4 is 9.47 Å². The molecular formula is C14H14N2O3. The SMILES string of the molecule is COc1ccc(C(=O)c2ncc(C)cn2)cc1OC. The molecule has 98 valence electrons. The van der Waals surface area contributed by atoms with E-state index in [4.69, 9.17) is 9.47 Å². The number of carbonyl (C=O) groups excluding carboxylic acids is 1. The van der Waals surface area contributed by atoms with Gasteiger partial charge in [-0.2, -0.15) is 0 Å². The molecular weight excluding hydrogens is 244 g/mol. The molecule has 19 heavy (non-hydrogen) atoms. The molecule has 0 saturated carbocycles. The summed E-state index contributed by atoms with van der Waals surface area (Å²) in [4.78, 5) is 20.2. The Morgan fingerprint density at radius 3 is 2.26 bits per heavy atom. The van der Waals surface area contributed by atoms with Gasteiger partial charge in [-0.25, -0.2) is 9.97 Å². The Morgan fingerprint density at radius 1 is 1.05 bits per heavy atom. The molecule has 0 fully saturated rings. The minimum atomic E-state index is -0.249. The van der Waals surface area contributed by atoms with E-state index < -0.39 is 0 Å². The molecule has 0 N–H and O–H groups in total. The van der Waals surface area contributed by atoms with Crippen LogP contribution in [0.2, 0.25) is 0 Å². The Morgan fingerprint density at radius 2 is 1.68 bits per heavy atom. The number of hydrogen-bond donors (Lipinski definition) is 0. The van der Waals surface area contributed by atoms with Crippen LogP contribution in [0, 0.1) is 6.92 Å². The number of carbonyl (C=O) groups is 1. The minimum absolute atomic E-state index is 0.165. The number of ether oxygens (including phenoxy) is 2. The van der Waals surface area contributed by atoms with E-state index in [1.165, 1.54) is 7.11 Å². The van der Waals surface area contributed by atoms with Gasteiger partial charge < -0.3 is 9.47 Å². The van der Waals surface area contributed by atoms with Crippen molar-refractivity contribution in [3.63, 3.8) is 0 Å². The first-order valence-electron chi connectivity index (χ1n) is 5.71. The summed E-state index contributed by atoms with van der Waals surface area (Å²) in [6.07, 6.45) is 3.22. The zero-order valence-corrected chi connectivity index (χ0v) is 11.0. The van der Waals surface area contributed by atoms with Crippen molar-refractivity contribution in [3.8, 4) is 11.5 Å². The molecule has 0 bridgehead atoms. The second-order valence-corrected chi connectivity index (χ2v) is 3.98. The normalized spacial score (nSPS) is 10.1. The van der Waals surface area contributed by atoms with Gasteiger partial charge in [-0.05, 0) is 30.7 Å².